The lowest BCUT2D eigenvalue weighted by Gasteiger charge is -2.13. The summed E-state index contributed by atoms with van der Waals surface area (Å²) in [5, 5.41) is 3.47. The third-order valence-electron chi connectivity index (χ3n) is 2.92. The van der Waals surface area contributed by atoms with Crippen LogP contribution in [-0.4, -0.2) is 0 Å². The zero-order valence-electron chi connectivity index (χ0n) is 10.4. The molecule has 2 aromatic rings. The van der Waals surface area contributed by atoms with Crippen LogP contribution in [0.25, 0.3) is 0 Å². The number of hydrogen-bond donors (Lipinski definition) is 1. The van der Waals surface area contributed by atoms with Gasteiger partial charge in [-0.3, -0.25) is 0 Å². The van der Waals surface area contributed by atoms with Crippen LogP contribution in [0.2, 0.25) is 0 Å². The highest BCUT2D eigenvalue weighted by molar-refractivity contribution is 9.11. The van der Waals surface area contributed by atoms with E-state index in [-0.39, 0.29) is 0 Å². The maximum absolute atomic E-state index is 3.56. The summed E-state index contributed by atoms with van der Waals surface area (Å²) in [6, 6.07) is 12.6. The highest BCUT2D eigenvalue weighted by Crippen LogP contribution is 2.31. The van der Waals surface area contributed by atoms with E-state index in [0.29, 0.717) is 0 Å². The van der Waals surface area contributed by atoms with E-state index < -0.39 is 0 Å². The maximum atomic E-state index is 3.56. The summed E-state index contributed by atoms with van der Waals surface area (Å²) in [4.78, 5) is 0. The zero-order chi connectivity index (χ0) is 13.1. The van der Waals surface area contributed by atoms with Crippen LogP contribution in [0.1, 0.15) is 16.7 Å². The lowest BCUT2D eigenvalue weighted by molar-refractivity contribution is 1.10. The molecule has 0 saturated heterocycles. The minimum atomic E-state index is 0.828. The minimum absolute atomic E-state index is 0.828. The van der Waals surface area contributed by atoms with Crippen molar-refractivity contribution >= 4 is 37.5 Å². The Bertz CT molecular complexity index is 544. The summed E-state index contributed by atoms with van der Waals surface area (Å²) < 4.78 is 2.14. The van der Waals surface area contributed by atoms with Gasteiger partial charge in [-0.2, -0.15) is 0 Å². The van der Waals surface area contributed by atoms with Crippen molar-refractivity contribution in [3.05, 3.63) is 62.0 Å². The Morgan fingerprint density at radius 2 is 1.67 bits per heavy atom. The highest BCUT2D eigenvalue weighted by atomic mass is 79.9. The molecule has 0 bridgehead atoms. The van der Waals surface area contributed by atoms with Gasteiger partial charge in [-0.1, -0.05) is 29.8 Å². The Morgan fingerprint density at radius 3 is 2.33 bits per heavy atom. The second-order valence-electron chi connectivity index (χ2n) is 4.38. The normalized spacial score (nSPS) is 10.4. The van der Waals surface area contributed by atoms with E-state index >= 15 is 0 Å². The fourth-order valence-corrected chi connectivity index (χ4v) is 3.12. The molecule has 0 aromatic heterocycles. The van der Waals surface area contributed by atoms with Crippen molar-refractivity contribution in [1.82, 2.24) is 0 Å². The molecule has 94 valence electrons. The number of nitrogens with one attached hydrogen (secondary N) is 1. The largest absolute Gasteiger partial charge is 0.379 e. The molecule has 2 rings (SSSR count). The molecule has 2 aromatic carbocycles. The van der Waals surface area contributed by atoms with Crippen molar-refractivity contribution in [2.45, 2.75) is 20.4 Å². The molecule has 0 unspecified atom stereocenters. The van der Waals surface area contributed by atoms with E-state index in [0.717, 1.165) is 21.2 Å². The van der Waals surface area contributed by atoms with Crippen LogP contribution in [0.5, 0.6) is 0 Å². The van der Waals surface area contributed by atoms with Gasteiger partial charge < -0.3 is 5.32 Å². The van der Waals surface area contributed by atoms with E-state index in [9.17, 15) is 0 Å². The van der Waals surface area contributed by atoms with Crippen molar-refractivity contribution in [1.29, 1.82) is 0 Å². The maximum Gasteiger partial charge on any atom is 0.0631 e. The van der Waals surface area contributed by atoms with Gasteiger partial charge in [0.05, 0.1) is 5.69 Å². The third-order valence-corrected chi connectivity index (χ3v) is 4.24. The van der Waals surface area contributed by atoms with Crippen molar-refractivity contribution < 1.29 is 0 Å². The standard InChI is InChI=1S/C15H15Br2N/c1-10-6-7-11(2)12(8-10)9-18-15-13(16)4-3-5-14(15)17/h3-8,18H,9H2,1-2H3. The lowest BCUT2D eigenvalue weighted by atomic mass is 10.1. The molecule has 18 heavy (non-hydrogen) atoms. The van der Waals surface area contributed by atoms with Crippen LogP contribution in [0.3, 0.4) is 0 Å². The van der Waals surface area contributed by atoms with Gasteiger partial charge in [0, 0.05) is 15.5 Å². The number of anilines is 1. The van der Waals surface area contributed by atoms with Gasteiger partial charge in [0.15, 0.2) is 0 Å². The molecule has 0 spiro atoms. The molecule has 1 N–H and O–H groups in total. The Labute approximate surface area is 125 Å². The minimum Gasteiger partial charge on any atom is -0.379 e. The van der Waals surface area contributed by atoms with Crippen molar-refractivity contribution in [3.63, 3.8) is 0 Å². The number of para-hydroxylation sites is 1. The van der Waals surface area contributed by atoms with E-state index in [1.807, 2.05) is 18.2 Å². The smallest absolute Gasteiger partial charge is 0.0631 e. The summed E-state index contributed by atoms with van der Waals surface area (Å²) in [7, 11) is 0. The molecule has 0 atom stereocenters. The molecule has 0 aliphatic rings. The van der Waals surface area contributed by atoms with Gasteiger partial charge in [0.25, 0.3) is 0 Å². The van der Waals surface area contributed by atoms with Crippen LogP contribution in [-0.2, 0) is 6.54 Å². The van der Waals surface area contributed by atoms with Crippen LogP contribution >= 0.6 is 31.9 Å². The molecule has 0 fully saturated rings. The summed E-state index contributed by atoms with van der Waals surface area (Å²) in [5.41, 5.74) is 5.04. The van der Waals surface area contributed by atoms with Gasteiger partial charge in [-0.25, -0.2) is 0 Å². The number of aryl methyl sites for hydroxylation is 2. The summed E-state index contributed by atoms with van der Waals surface area (Å²) in [6.45, 7) is 5.09. The highest BCUT2D eigenvalue weighted by Gasteiger charge is 2.05. The predicted octanol–water partition coefficient (Wildman–Crippen LogP) is 5.44. The van der Waals surface area contributed by atoms with Crippen molar-refractivity contribution in [3.8, 4) is 0 Å². The van der Waals surface area contributed by atoms with Crippen LogP contribution in [0, 0.1) is 13.8 Å². The van der Waals surface area contributed by atoms with E-state index in [1.165, 1.54) is 16.7 Å². The molecule has 1 nitrogen and oxygen atoms in total. The first-order chi connectivity index (χ1) is 8.58. The Kier molecular flexibility index (Phi) is 4.46. The summed E-state index contributed by atoms with van der Waals surface area (Å²) >= 11 is 7.12. The average Bonchev–Trinajstić information content (AvgIpc) is 2.33. The van der Waals surface area contributed by atoms with Crippen LogP contribution < -0.4 is 5.32 Å². The Hall–Kier alpha value is -0.800. The van der Waals surface area contributed by atoms with E-state index in [1.54, 1.807) is 0 Å². The molecule has 0 aliphatic heterocycles. The topological polar surface area (TPSA) is 12.0 Å². The molecular weight excluding hydrogens is 354 g/mol. The lowest BCUT2D eigenvalue weighted by Crippen LogP contribution is -2.03. The zero-order valence-corrected chi connectivity index (χ0v) is 13.6. The second kappa shape index (κ2) is 5.89. The number of benzene rings is 2. The molecule has 0 heterocycles. The van der Waals surface area contributed by atoms with Gasteiger partial charge >= 0.3 is 0 Å². The fourth-order valence-electron chi connectivity index (χ4n) is 1.84. The molecular formula is C15H15Br2N. The van der Waals surface area contributed by atoms with Crippen LogP contribution in [0.4, 0.5) is 5.69 Å². The Morgan fingerprint density at radius 1 is 1.00 bits per heavy atom. The predicted molar refractivity (Wildman–Crippen MR) is 85.1 cm³/mol. The summed E-state index contributed by atoms with van der Waals surface area (Å²) in [6.07, 6.45) is 0. The molecule has 0 amide bonds. The molecule has 0 aliphatic carbocycles. The molecule has 0 saturated carbocycles. The third kappa shape index (κ3) is 3.15. The number of rotatable bonds is 3. The van der Waals surface area contributed by atoms with Gasteiger partial charge in [0.2, 0.25) is 0 Å². The number of halogens is 2. The van der Waals surface area contributed by atoms with E-state index in [2.05, 4.69) is 69.2 Å². The fraction of sp³-hybridized carbons (Fsp3) is 0.200. The van der Waals surface area contributed by atoms with Crippen LogP contribution in [0.15, 0.2) is 45.3 Å². The van der Waals surface area contributed by atoms with E-state index in [4.69, 9.17) is 0 Å². The SMILES string of the molecule is Cc1ccc(C)c(CNc2c(Br)cccc2Br)c1. The molecule has 3 heteroatoms. The van der Waals surface area contributed by atoms with Gasteiger partial charge in [0.1, 0.15) is 0 Å². The molecule has 0 radical (unpaired) electrons. The van der Waals surface area contributed by atoms with Gasteiger partial charge in [-0.05, 0) is 69.0 Å². The quantitative estimate of drug-likeness (QED) is 0.760. The van der Waals surface area contributed by atoms with Crippen molar-refractivity contribution in [2.24, 2.45) is 0 Å². The Balaban J connectivity index is 2.19. The number of hydrogen-bond acceptors (Lipinski definition) is 1. The van der Waals surface area contributed by atoms with Crippen molar-refractivity contribution in [2.75, 3.05) is 5.32 Å². The first-order valence-electron chi connectivity index (χ1n) is 5.82. The monoisotopic (exact) mass is 367 g/mol. The first-order valence-corrected chi connectivity index (χ1v) is 7.40. The average molecular weight is 369 g/mol. The second-order valence-corrected chi connectivity index (χ2v) is 6.09. The van der Waals surface area contributed by atoms with Gasteiger partial charge in [-0.15, -0.1) is 0 Å². The summed E-state index contributed by atoms with van der Waals surface area (Å²) in [5.74, 6) is 0. The first kappa shape index (κ1) is 13.6.